The van der Waals surface area contributed by atoms with Crippen LogP contribution in [0.25, 0.3) is 0 Å². The Labute approximate surface area is 140 Å². The van der Waals surface area contributed by atoms with Crippen molar-refractivity contribution < 1.29 is 14.3 Å². The Kier molecular flexibility index (Phi) is 8.60. The molecule has 0 aliphatic carbocycles. The van der Waals surface area contributed by atoms with Gasteiger partial charge in [0, 0.05) is 5.92 Å². The fourth-order valence-electron chi connectivity index (χ4n) is 2.61. The van der Waals surface area contributed by atoms with Crippen molar-refractivity contribution in [1.29, 1.82) is 0 Å². The van der Waals surface area contributed by atoms with E-state index in [4.69, 9.17) is 4.74 Å². The second kappa shape index (κ2) is 10.2. The summed E-state index contributed by atoms with van der Waals surface area (Å²) in [5.41, 5.74) is 1.99. The molecule has 3 nitrogen and oxygen atoms in total. The molecule has 1 atom stereocenters. The lowest BCUT2D eigenvalue weighted by Gasteiger charge is -2.17. The van der Waals surface area contributed by atoms with Crippen LogP contribution in [0.15, 0.2) is 24.3 Å². The van der Waals surface area contributed by atoms with Crippen LogP contribution in [0.2, 0.25) is 0 Å². The molecule has 0 fully saturated rings. The molecule has 23 heavy (non-hydrogen) atoms. The van der Waals surface area contributed by atoms with Crippen molar-refractivity contribution in [3.8, 4) is 0 Å². The Morgan fingerprint density at radius 2 is 1.65 bits per heavy atom. The summed E-state index contributed by atoms with van der Waals surface area (Å²) in [4.78, 5) is 24.6. The summed E-state index contributed by atoms with van der Waals surface area (Å²) < 4.78 is 5.09. The first-order valence-corrected chi connectivity index (χ1v) is 8.80. The van der Waals surface area contributed by atoms with Gasteiger partial charge in [0.1, 0.15) is 5.92 Å². The predicted molar refractivity (Wildman–Crippen MR) is 93.5 cm³/mol. The maximum absolute atomic E-state index is 12.4. The molecule has 1 rings (SSSR count). The molecule has 0 saturated heterocycles. The molecule has 3 heteroatoms. The lowest BCUT2D eigenvalue weighted by Crippen LogP contribution is -2.27. The topological polar surface area (TPSA) is 43.4 Å². The number of esters is 1. The summed E-state index contributed by atoms with van der Waals surface area (Å²) >= 11 is 0. The molecule has 0 aliphatic rings. The van der Waals surface area contributed by atoms with Crippen LogP contribution in [0.5, 0.6) is 0 Å². The number of carbonyl (C=O) groups is 2. The monoisotopic (exact) mass is 318 g/mol. The summed E-state index contributed by atoms with van der Waals surface area (Å²) in [6, 6.07) is 7.86. The highest BCUT2D eigenvalue weighted by atomic mass is 16.5. The van der Waals surface area contributed by atoms with Gasteiger partial charge in [-0.3, -0.25) is 9.59 Å². The maximum Gasteiger partial charge on any atom is 0.321 e. The number of Topliss-reactive ketones (excluding diaryl/α,β-unsaturated/α-hetero) is 1. The average molecular weight is 318 g/mol. The van der Waals surface area contributed by atoms with Crippen LogP contribution in [-0.2, 0) is 20.7 Å². The zero-order chi connectivity index (χ0) is 17.2. The van der Waals surface area contributed by atoms with E-state index in [1.807, 2.05) is 38.1 Å². The molecule has 0 bridgehead atoms. The van der Waals surface area contributed by atoms with Crippen molar-refractivity contribution >= 4 is 11.8 Å². The Bertz CT molecular complexity index is 488. The normalized spacial score (nSPS) is 12.2. The van der Waals surface area contributed by atoms with Crippen molar-refractivity contribution in [2.45, 2.75) is 65.7 Å². The van der Waals surface area contributed by atoms with Crippen LogP contribution in [0.3, 0.4) is 0 Å². The van der Waals surface area contributed by atoms with Crippen LogP contribution >= 0.6 is 0 Å². The number of benzene rings is 1. The van der Waals surface area contributed by atoms with Gasteiger partial charge in [-0.05, 0) is 30.9 Å². The van der Waals surface area contributed by atoms with E-state index in [1.54, 1.807) is 6.92 Å². The predicted octanol–water partition coefficient (Wildman–Crippen LogP) is 4.68. The van der Waals surface area contributed by atoms with Crippen LogP contribution < -0.4 is 0 Å². The number of unbranched alkanes of at least 4 members (excludes halogenated alkanes) is 3. The summed E-state index contributed by atoms with van der Waals surface area (Å²) in [6.45, 7) is 7.88. The molecule has 0 aliphatic heterocycles. The van der Waals surface area contributed by atoms with Gasteiger partial charge in [0.15, 0.2) is 5.78 Å². The SMILES string of the molecule is CCCCCCc1ccc(C(C(=O)OCC)C(=O)C(C)C)cc1. The zero-order valence-electron chi connectivity index (χ0n) is 14.9. The quantitative estimate of drug-likeness (QED) is 0.357. The molecule has 0 heterocycles. The van der Waals surface area contributed by atoms with Crippen LogP contribution in [0.4, 0.5) is 0 Å². The number of hydrogen-bond acceptors (Lipinski definition) is 3. The van der Waals surface area contributed by atoms with E-state index in [-0.39, 0.29) is 18.3 Å². The molecule has 0 aromatic heterocycles. The van der Waals surface area contributed by atoms with E-state index in [9.17, 15) is 9.59 Å². The molecule has 128 valence electrons. The highest BCUT2D eigenvalue weighted by molar-refractivity contribution is 6.05. The van der Waals surface area contributed by atoms with Crippen LogP contribution in [0.1, 0.15) is 70.4 Å². The molecule has 0 N–H and O–H groups in total. The number of ketones is 1. The fraction of sp³-hybridized carbons (Fsp3) is 0.600. The molecule has 1 aromatic carbocycles. The zero-order valence-corrected chi connectivity index (χ0v) is 14.9. The Morgan fingerprint density at radius 1 is 1.00 bits per heavy atom. The second-order valence-electron chi connectivity index (χ2n) is 6.29. The standard InChI is InChI=1S/C20H30O3/c1-5-7-8-9-10-16-11-13-17(14-12-16)18(19(21)15(3)4)20(22)23-6-2/h11-15,18H,5-10H2,1-4H3. The number of rotatable bonds is 10. The first-order chi connectivity index (χ1) is 11.0. The van der Waals surface area contributed by atoms with Gasteiger partial charge in [0.05, 0.1) is 6.61 Å². The van der Waals surface area contributed by atoms with Crippen LogP contribution in [-0.4, -0.2) is 18.4 Å². The largest absolute Gasteiger partial charge is 0.465 e. The van der Waals surface area contributed by atoms with Crippen molar-refractivity contribution in [2.24, 2.45) is 5.92 Å². The van der Waals surface area contributed by atoms with Gasteiger partial charge in [-0.25, -0.2) is 0 Å². The summed E-state index contributed by atoms with van der Waals surface area (Å²) in [5, 5.41) is 0. The Hall–Kier alpha value is -1.64. The van der Waals surface area contributed by atoms with Gasteiger partial charge in [-0.2, -0.15) is 0 Å². The maximum atomic E-state index is 12.4. The molecule has 0 radical (unpaired) electrons. The lowest BCUT2D eigenvalue weighted by atomic mass is 9.88. The third kappa shape index (κ3) is 6.17. The molecule has 0 amide bonds. The first kappa shape index (κ1) is 19.4. The van der Waals surface area contributed by atoms with Gasteiger partial charge in [0.25, 0.3) is 0 Å². The lowest BCUT2D eigenvalue weighted by molar-refractivity contribution is -0.148. The average Bonchev–Trinajstić information content (AvgIpc) is 2.53. The molecular formula is C20H30O3. The van der Waals surface area contributed by atoms with Gasteiger partial charge < -0.3 is 4.74 Å². The van der Waals surface area contributed by atoms with Crippen molar-refractivity contribution in [1.82, 2.24) is 0 Å². The smallest absolute Gasteiger partial charge is 0.321 e. The van der Waals surface area contributed by atoms with E-state index in [1.165, 1.54) is 31.2 Å². The number of hydrogen-bond donors (Lipinski definition) is 0. The van der Waals surface area contributed by atoms with Crippen molar-refractivity contribution in [3.63, 3.8) is 0 Å². The highest BCUT2D eigenvalue weighted by Crippen LogP contribution is 2.23. The highest BCUT2D eigenvalue weighted by Gasteiger charge is 2.31. The second-order valence-corrected chi connectivity index (χ2v) is 6.29. The van der Waals surface area contributed by atoms with Gasteiger partial charge in [-0.15, -0.1) is 0 Å². The minimum Gasteiger partial charge on any atom is -0.465 e. The first-order valence-electron chi connectivity index (χ1n) is 8.80. The van der Waals surface area contributed by atoms with E-state index in [2.05, 4.69) is 6.92 Å². The molecule has 0 saturated carbocycles. The van der Waals surface area contributed by atoms with Gasteiger partial charge in [-0.1, -0.05) is 64.3 Å². The van der Waals surface area contributed by atoms with Crippen molar-refractivity contribution in [2.75, 3.05) is 6.61 Å². The molecule has 1 aromatic rings. The summed E-state index contributed by atoms with van der Waals surface area (Å²) in [6.07, 6.45) is 5.97. The number of aryl methyl sites for hydroxylation is 1. The van der Waals surface area contributed by atoms with Crippen LogP contribution in [0, 0.1) is 5.92 Å². The van der Waals surface area contributed by atoms with Gasteiger partial charge in [0.2, 0.25) is 0 Å². The minimum atomic E-state index is -0.802. The Balaban J connectivity index is 2.82. The summed E-state index contributed by atoms with van der Waals surface area (Å²) in [7, 11) is 0. The third-order valence-electron chi connectivity index (χ3n) is 4.01. The number of carbonyl (C=O) groups excluding carboxylic acids is 2. The molecular weight excluding hydrogens is 288 g/mol. The summed E-state index contributed by atoms with van der Waals surface area (Å²) in [5.74, 6) is -1.52. The molecule has 1 unspecified atom stereocenters. The van der Waals surface area contributed by atoms with E-state index in [0.29, 0.717) is 0 Å². The van der Waals surface area contributed by atoms with Crippen molar-refractivity contribution in [3.05, 3.63) is 35.4 Å². The Morgan fingerprint density at radius 3 is 2.17 bits per heavy atom. The van der Waals surface area contributed by atoms with E-state index >= 15 is 0 Å². The minimum absolute atomic E-state index is 0.0841. The fourth-order valence-corrected chi connectivity index (χ4v) is 2.61. The van der Waals surface area contributed by atoms with E-state index in [0.717, 1.165) is 12.0 Å². The van der Waals surface area contributed by atoms with Gasteiger partial charge >= 0.3 is 5.97 Å². The number of ether oxygens (including phenoxy) is 1. The third-order valence-corrected chi connectivity index (χ3v) is 4.01. The van der Waals surface area contributed by atoms with E-state index < -0.39 is 11.9 Å². The molecule has 0 spiro atoms.